The molecule has 0 fully saturated rings. The molecule has 0 saturated carbocycles. The second kappa shape index (κ2) is 5.61. The van der Waals surface area contributed by atoms with Gasteiger partial charge in [0.1, 0.15) is 0 Å². The Kier molecular flexibility index (Phi) is 5.29. The van der Waals surface area contributed by atoms with Crippen LogP contribution in [-0.2, 0) is 0 Å². The lowest BCUT2D eigenvalue weighted by Gasteiger charge is -2.04. The summed E-state index contributed by atoms with van der Waals surface area (Å²) in [5.41, 5.74) is 2.66. The molecule has 0 spiro atoms. The number of nitrogens with one attached hydrogen (secondary N) is 1. The van der Waals surface area contributed by atoms with Crippen LogP contribution >= 0.6 is 0 Å². The van der Waals surface area contributed by atoms with E-state index in [1.165, 1.54) is 0 Å². The molecule has 1 unspecified atom stereocenters. The van der Waals surface area contributed by atoms with Crippen LogP contribution in [0.1, 0.15) is 26.7 Å². The number of nitrogens with two attached hydrogens (primary N) is 1. The molecule has 0 aliphatic carbocycles. The smallest absolute Gasteiger partial charge is 0.0191 e. The molecule has 0 aromatic rings. The average molecular weight is 126 g/mol. The Bertz CT molecular complexity index is 110. The lowest BCUT2D eigenvalue weighted by Crippen LogP contribution is -2.32. The molecule has 52 valence electrons. The quantitative estimate of drug-likeness (QED) is 0.331. The SMILES string of the molecule is CC#CCCC(C)NN. The molecule has 9 heavy (non-hydrogen) atoms. The first-order chi connectivity index (χ1) is 4.31. The van der Waals surface area contributed by atoms with Gasteiger partial charge in [-0.15, -0.1) is 11.8 Å². The minimum absolute atomic E-state index is 0.380. The Morgan fingerprint density at radius 2 is 2.33 bits per heavy atom. The molecule has 0 aliphatic rings. The second-order valence-electron chi connectivity index (χ2n) is 2.03. The zero-order chi connectivity index (χ0) is 7.11. The number of hydrogen-bond donors (Lipinski definition) is 2. The van der Waals surface area contributed by atoms with Crippen molar-refractivity contribution < 1.29 is 0 Å². The first kappa shape index (κ1) is 8.48. The summed E-state index contributed by atoms with van der Waals surface area (Å²) in [7, 11) is 0. The zero-order valence-electron chi connectivity index (χ0n) is 6.07. The van der Waals surface area contributed by atoms with Gasteiger partial charge in [-0.1, -0.05) is 0 Å². The molecule has 2 nitrogen and oxygen atoms in total. The summed E-state index contributed by atoms with van der Waals surface area (Å²) in [6.07, 6.45) is 1.96. The first-order valence-corrected chi connectivity index (χ1v) is 3.17. The molecule has 2 heteroatoms. The third kappa shape index (κ3) is 5.35. The van der Waals surface area contributed by atoms with Crippen LogP contribution in [0.4, 0.5) is 0 Å². The number of hydrazine groups is 1. The summed E-state index contributed by atoms with van der Waals surface area (Å²) in [5, 5.41) is 0. The predicted octanol–water partition coefficient (Wildman–Crippen LogP) is 0.642. The highest BCUT2D eigenvalue weighted by atomic mass is 15.2. The molecular formula is C7H14N2. The third-order valence-electron chi connectivity index (χ3n) is 1.16. The van der Waals surface area contributed by atoms with Crippen LogP contribution < -0.4 is 11.3 Å². The van der Waals surface area contributed by atoms with E-state index in [-0.39, 0.29) is 0 Å². The fourth-order valence-corrected chi connectivity index (χ4v) is 0.497. The van der Waals surface area contributed by atoms with Crippen LogP contribution in [0.25, 0.3) is 0 Å². The highest BCUT2D eigenvalue weighted by Gasteiger charge is 1.93. The van der Waals surface area contributed by atoms with E-state index in [2.05, 4.69) is 17.3 Å². The van der Waals surface area contributed by atoms with E-state index in [4.69, 9.17) is 5.84 Å². The van der Waals surface area contributed by atoms with Gasteiger partial charge in [-0.05, 0) is 20.3 Å². The molecular weight excluding hydrogens is 112 g/mol. The first-order valence-electron chi connectivity index (χ1n) is 3.17. The number of rotatable bonds is 3. The topological polar surface area (TPSA) is 38.0 Å². The summed E-state index contributed by atoms with van der Waals surface area (Å²) < 4.78 is 0. The van der Waals surface area contributed by atoms with Gasteiger partial charge in [0.15, 0.2) is 0 Å². The van der Waals surface area contributed by atoms with Crippen LogP contribution in [0.2, 0.25) is 0 Å². The van der Waals surface area contributed by atoms with Crippen LogP contribution in [0, 0.1) is 11.8 Å². The van der Waals surface area contributed by atoms with E-state index in [0.717, 1.165) is 12.8 Å². The van der Waals surface area contributed by atoms with Crippen LogP contribution in [-0.4, -0.2) is 6.04 Å². The van der Waals surface area contributed by atoms with Gasteiger partial charge in [-0.3, -0.25) is 11.3 Å². The van der Waals surface area contributed by atoms with Gasteiger partial charge in [-0.25, -0.2) is 0 Å². The molecule has 0 rings (SSSR count). The van der Waals surface area contributed by atoms with Crippen molar-refractivity contribution in [2.75, 3.05) is 0 Å². The van der Waals surface area contributed by atoms with Crippen LogP contribution in [0.5, 0.6) is 0 Å². The maximum Gasteiger partial charge on any atom is 0.0191 e. The van der Waals surface area contributed by atoms with Gasteiger partial charge in [0.2, 0.25) is 0 Å². The average Bonchev–Trinajstić information content (AvgIpc) is 1.89. The molecule has 0 amide bonds. The summed E-state index contributed by atoms with van der Waals surface area (Å²) in [5.74, 6) is 11.0. The van der Waals surface area contributed by atoms with E-state index in [0.29, 0.717) is 6.04 Å². The predicted molar refractivity (Wildman–Crippen MR) is 39.5 cm³/mol. The second-order valence-corrected chi connectivity index (χ2v) is 2.03. The van der Waals surface area contributed by atoms with Gasteiger partial charge >= 0.3 is 0 Å². The monoisotopic (exact) mass is 126 g/mol. The highest BCUT2D eigenvalue weighted by Crippen LogP contribution is 1.91. The van der Waals surface area contributed by atoms with Crippen molar-refractivity contribution in [3.63, 3.8) is 0 Å². The summed E-state index contributed by atoms with van der Waals surface area (Å²) in [6, 6.07) is 0.380. The van der Waals surface area contributed by atoms with E-state index >= 15 is 0 Å². The lowest BCUT2D eigenvalue weighted by atomic mass is 10.2. The van der Waals surface area contributed by atoms with Gasteiger partial charge in [-0.2, -0.15) is 0 Å². The minimum atomic E-state index is 0.380. The Labute approximate surface area is 56.8 Å². The summed E-state index contributed by atoms with van der Waals surface area (Å²) in [6.45, 7) is 3.89. The van der Waals surface area contributed by atoms with Crippen molar-refractivity contribution in [2.45, 2.75) is 32.7 Å². The standard InChI is InChI=1S/C7H14N2/c1-3-4-5-6-7(2)9-8/h7,9H,5-6,8H2,1-2H3. The van der Waals surface area contributed by atoms with Crippen molar-refractivity contribution >= 4 is 0 Å². The van der Waals surface area contributed by atoms with Crippen LogP contribution in [0.15, 0.2) is 0 Å². The van der Waals surface area contributed by atoms with Gasteiger partial charge in [0.25, 0.3) is 0 Å². The molecule has 0 radical (unpaired) electrons. The van der Waals surface area contributed by atoms with Crippen molar-refractivity contribution in [3.8, 4) is 11.8 Å². The molecule has 0 aliphatic heterocycles. The highest BCUT2D eigenvalue weighted by molar-refractivity contribution is 4.95. The van der Waals surface area contributed by atoms with Crippen LogP contribution in [0.3, 0.4) is 0 Å². The summed E-state index contributed by atoms with van der Waals surface area (Å²) >= 11 is 0. The molecule has 3 N–H and O–H groups in total. The fraction of sp³-hybridized carbons (Fsp3) is 0.714. The van der Waals surface area contributed by atoms with E-state index in [1.807, 2.05) is 13.8 Å². The molecule has 0 bridgehead atoms. The Balaban J connectivity index is 3.13. The Morgan fingerprint density at radius 1 is 1.67 bits per heavy atom. The maximum absolute atomic E-state index is 5.16. The van der Waals surface area contributed by atoms with Gasteiger partial charge in [0.05, 0.1) is 0 Å². The largest absolute Gasteiger partial charge is 0.271 e. The lowest BCUT2D eigenvalue weighted by molar-refractivity contribution is 0.539. The molecule has 0 heterocycles. The minimum Gasteiger partial charge on any atom is -0.271 e. The maximum atomic E-state index is 5.16. The van der Waals surface area contributed by atoms with E-state index in [9.17, 15) is 0 Å². The van der Waals surface area contributed by atoms with E-state index in [1.54, 1.807) is 0 Å². The Hall–Kier alpha value is -0.520. The van der Waals surface area contributed by atoms with Crippen molar-refractivity contribution in [3.05, 3.63) is 0 Å². The normalized spacial score (nSPS) is 11.9. The molecule has 0 saturated heterocycles. The van der Waals surface area contributed by atoms with Gasteiger partial charge < -0.3 is 0 Å². The third-order valence-corrected chi connectivity index (χ3v) is 1.16. The fourth-order valence-electron chi connectivity index (χ4n) is 0.497. The molecule has 1 atom stereocenters. The van der Waals surface area contributed by atoms with Crippen molar-refractivity contribution in [2.24, 2.45) is 5.84 Å². The molecule has 0 aromatic carbocycles. The van der Waals surface area contributed by atoms with Crippen molar-refractivity contribution in [1.82, 2.24) is 5.43 Å². The molecule has 0 aromatic heterocycles. The summed E-state index contributed by atoms with van der Waals surface area (Å²) in [4.78, 5) is 0. The number of hydrogen-bond acceptors (Lipinski definition) is 2. The Morgan fingerprint density at radius 3 is 2.78 bits per heavy atom. The van der Waals surface area contributed by atoms with Crippen molar-refractivity contribution in [1.29, 1.82) is 0 Å². The van der Waals surface area contributed by atoms with E-state index < -0.39 is 0 Å². The van der Waals surface area contributed by atoms with Gasteiger partial charge in [0, 0.05) is 12.5 Å². The zero-order valence-corrected chi connectivity index (χ0v) is 6.07.